The van der Waals surface area contributed by atoms with Crippen LogP contribution in [-0.4, -0.2) is 17.3 Å². The van der Waals surface area contributed by atoms with Crippen LogP contribution in [0.25, 0.3) is 11.0 Å². The highest BCUT2D eigenvalue weighted by atomic mass is 35.5. The van der Waals surface area contributed by atoms with Crippen molar-refractivity contribution in [3.05, 3.63) is 35.6 Å². The number of halogens is 1. The van der Waals surface area contributed by atoms with Crippen molar-refractivity contribution in [3.8, 4) is 0 Å². The van der Waals surface area contributed by atoms with Crippen LogP contribution in [0.5, 0.6) is 0 Å². The summed E-state index contributed by atoms with van der Waals surface area (Å²) in [6, 6.07) is 7.69. The van der Waals surface area contributed by atoms with E-state index < -0.39 is 0 Å². The summed E-state index contributed by atoms with van der Waals surface area (Å²) in [5.41, 5.74) is 1.64. The number of nitrogens with one attached hydrogen (secondary N) is 1. The fraction of sp³-hybridized carbons (Fsp3) is 0.438. The summed E-state index contributed by atoms with van der Waals surface area (Å²) in [6.07, 6.45) is 4.13. The first-order chi connectivity index (χ1) is 9.62. The Morgan fingerprint density at radius 1 is 1.35 bits per heavy atom. The molecule has 0 spiro atoms. The molecule has 1 aromatic heterocycles. The number of amides is 1. The molecule has 0 saturated heterocycles. The molecule has 1 heterocycles. The molecule has 2 aromatic rings. The molecular formula is C16H18ClNO2. The first-order valence-electron chi connectivity index (χ1n) is 7.01. The number of carbonyl (C=O) groups is 1. The molecule has 0 atom stereocenters. The lowest BCUT2D eigenvalue weighted by Gasteiger charge is -2.27. The zero-order valence-electron chi connectivity index (χ0n) is 11.5. The molecule has 0 aliphatic heterocycles. The minimum Gasteiger partial charge on any atom is -0.451 e. The van der Waals surface area contributed by atoms with Crippen molar-refractivity contribution in [2.45, 2.75) is 38.1 Å². The van der Waals surface area contributed by atoms with Gasteiger partial charge in [-0.25, -0.2) is 0 Å². The number of fused-ring (bicyclic) bond motifs is 1. The normalized spacial score (nSPS) is 17.5. The second-order valence-corrected chi connectivity index (χ2v) is 5.99. The molecule has 1 amide bonds. The van der Waals surface area contributed by atoms with Gasteiger partial charge in [0.1, 0.15) is 5.58 Å². The summed E-state index contributed by atoms with van der Waals surface area (Å²) >= 11 is 6.05. The van der Waals surface area contributed by atoms with E-state index in [1.807, 2.05) is 25.1 Å². The maximum Gasteiger partial charge on any atom is 0.287 e. The van der Waals surface area contributed by atoms with Gasteiger partial charge in [0.05, 0.1) is 5.54 Å². The molecule has 1 N–H and O–H groups in total. The van der Waals surface area contributed by atoms with E-state index in [1.165, 1.54) is 0 Å². The predicted octanol–water partition coefficient (Wildman–Crippen LogP) is 4.02. The summed E-state index contributed by atoms with van der Waals surface area (Å²) in [5, 5.41) is 4.03. The molecule has 3 nitrogen and oxygen atoms in total. The number of alkyl halides is 1. The second kappa shape index (κ2) is 5.13. The number of benzene rings is 1. The Bertz CT molecular complexity index is 641. The van der Waals surface area contributed by atoms with E-state index in [1.54, 1.807) is 6.07 Å². The lowest BCUT2D eigenvalue weighted by atomic mass is 10.0. The highest BCUT2D eigenvalue weighted by Crippen LogP contribution is 2.31. The molecule has 106 valence electrons. The van der Waals surface area contributed by atoms with Crippen molar-refractivity contribution in [1.29, 1.82) is 0 Å². The van der Waals surface area contributed by atoms with E-state index in [9.17, 15) is 4.79 Å². The van der Waals surface area contributed by atoms with Crippen LogP contribution in [0.1, 0.15) is 41.8 Å². The van der Waals surface area contributed by atoms with Gasteiger partial charge < -0.3 is 9.73 Å². The number of hydrogen-bond donors (Lipinski definition) is 1. The van der Waals surface area contributed by atoms with Crippen LogP contribution in [0, 0.1) is 6.92 Å². The summed E-state index contributed by atoms with van der Waals surface area (Å²) < 4.78 is 5.63. The van der Waals surface area contributed by atoms with Gasteiger partial charge in [0.2, 0.25) is 0 Å². The minimum absolute atomic E-state index is 0.165. The third-order valence-corrected chi connectivity index (χ3v) is 4.60. The van der Waals surface area contributed by atoms with Crippen molar-refractivity contribution in [2.75, 3.05) is 5.88 Å². The zero-order chi connectivity index (χ0) is 14.2. The number of rotatable bonds is 3. The SMILES string of the molecule is Cc1ccc2oc(C(=O)NC3(CCl)CCCC3)cc2c1. The average molecular weight is 292 g/mol. The van der Waals surface area contributed by atoms with Crippen LogP contribution >= 0.6 is 11.6 Å². The number of carbonyl (C=O) groups excluding carboxylic acids is 1. The Labute approximate surface area is 123 Å². The first kappa shape index (κ1) is 13.5. The van der Waals surface area contributed by atoms with Crippen molar-refractivity contribution in [1.82, 2.24) is 5.32 Å². The standard InChI is InChI=1S/C16H18ClNO2/c1-11-4-5-13-12(8-11)9-14(20-13)15(19)18-16(10-17)6-2-3-7-16/h4-5,8-9H,2-3,6-7,10H2,1H3,(H,18,19). The van der Waals surface area contributed by atoms with Crippen molar-refractivity contribution in [2.24, 2.45) is 0 Å². The maximum absolute atomic E-state index is 12.4. The largest absolute Gasteiger partial charge is 0.451 e. The molecule has 4 heteroatoms. The Morgan fingerprint density at radius 2 is 2.10 bits per heavy atom. The van der Waals surface area contributed by atoms with Gasteiger partial charge in [0.25, 0.3) is 5.91 Å². The highest BCUT2D eigenvalue weighted by Gasteiger charge is 2.35. The molecule has 0 unspecified atom stereocenters. The van der Waals surface area contributed by atoms with E-state index in [0.29, 0.717) is 11.6 Å². The van der Waals surface area contributed by atoms with Gasteiger partial charge in [-0.2, -0.15) is 0 Å². The van der Waals surface area contributed by atoms with Gasteiger partial charge in [-0.3, -0.25) is 4.79 Å². The van der Waals surface area contributed by atoms with Crippen LogP contribution in [0.4, 0.5) is 0 Å². The van der Waals surface area contributed by atoms with Crippen LogP contribution in [0.2, 0.25) is 0 Å². The summed E-state index contributed by atoms with van der Waals surface area (Å²) in [7, 11) is 0. The molecule has 1 aromatic carbocycles. The molecule has 0 radical (unpaired) electrons. The third-order valence-electron chi connectivity index (χ3n) is 4.09. The first-order valence-corrected chi connectivity index (χ1v) is 7.54. The van der Waals surface area contributed by atoms with E-state index in [0.717, 1.165) is 42.2 Å². The summed E-state index contributed by atoms with van der Waals surface area (Å²) in [4.78, 5) is 12.4. The van der Waals surface area contributed by atoms with Crippen LogP contribution in [0.3, 0.4) is 0 Å². The van der Waals surface area contributed by atoms with Gasteiger partial charge in [0.15, 0.2) is 5.76 Å². The molecule has 1 fully saturated rings. The third kappa shape index (κ3) is 2.42. The van der Waals surface area contributed by atoms with E-state index in [2.05, 4.69) is 5.32 Å². The number of furan rings is 1. The Kier molecular flexibility index (Phi) is 3.47. The molecular weight excluding hydrogens is 274 g/mol. The van der Waals surface area contributed by atoms with Gasteiger partial charge in [0, 0.05) is 11.3 Å². The van der Waals surface area contributed by atoms with E-state index in [4.69, 9.17) is 16.0 Å². The lowest BCUT2D eigenvalue weighted by molar-refractivity contribution is 0.0883. The molecule has 1 saturated carbocycles. The topological polar surface area (TPSA) is 42.2 Å². The quantitative estimate of drug-likeness (QED) is 0.868. The van der Waals surface area contributed by atoms with E-state index >= 15 is 0 Å². The molecule has 20 heavy (non-hydrogen) atoms. The highest BCUT2D eigenvalue weighted by molar-refractivity contribution is 6.19. The van der Waals surface area contributed by atoms with E-state index in [-0.39, 0.29) is 11.4 Å². The molecule has 0 bridgehead atoms. The average Bonchev–Trinajstić information content (AvgIpc) is 3.05. The molecule has 1 aliphatic rings. The Hall–Kier alpha value is -1.48. The Balaban J connectivity index is 1.85. The van der Waals surface area contributed by atoms with Crippen molar-refractivity contribution in [3.63, 3.8) is 0 Å². The minimum atomic E-state index is -0.256. The van der Waals surface area contributed by atoms with Gasteiger partial charge in [-0.1, -0.05) is 24.5 Å². The molecule has 3 rings (SSSR count). The second-order valence-electron chi connectivity index (χ2n) is 5.73. The van der Waals surface area contributed by atoms with Crippen LogP contribution in [0.15, 0.2) is 28.7 Å². The zero-order valence-corrected chi connectivity index (χ0v) is 12.3. The maximum atomic E-state index is 12.4. The summed E-state index contributed by atoms with van der Waals surface area (Å²) in [5.74, 6) is 0.654. The monoisotopic (exact) mass is 291 g/mol. The number of hydrogen-bond acceptors (Lipinski definition) is 2. The van der Waals surface area contributed by atoms with Crippen molar-refractivity contribution >= 4 is 28.5 Å². The predicted molar refractivity (Wildman–Crippen MR) is 80.3 cm³/mol. The van der Waals surface area contributed by atoms with Gasteiger partial charge in [-0.15, -0.1) is 11.6 Å². The van der Waals surface area contributed by atoms with Gasteiger partial charge >= 0.3 is 0 Å². The fourth-order valence-electron chi connectivity index (χ4n) is 2.92. The lowest BCUT2D eigenvalue weighted by Crippen LogP contribution is -2.47. The van der Waals surface area contributed by atoms with Crippen LogP contribution < -0.4 is 5.32 Å². The van der Waals surface area contributed by atoms with Crippen LogP contribution in [-0.2, 0) is 0 Å². The number of aryl methyl sites for hydroxylation is 1. The van der Waals surface area contributed by atoms with Gasteiger partial charge in [-0.05, 0) is 38.0 Å². The van der Waals surface area contributed by atoms with Crippen molar-refractivity contribution < 1.29 is 9.21 Å². The summed E-state index contributed by atoms with van der Waals surface area (Å²) in [6.45, 7) is 2.02. The fourth-order valence-corrected chi connectivity index (χ4v) is 3.26. The Morgan fingerprint density at radius 3 is 2.80 bits per heavy atom. The molecule has 1 aliphatic carbocycles. The smallest absolute Gasteiger partial charge is 0.287 e.